The van der Waals surface area contributed by atoms with E-state index in [1.54, 1.807) is 24.3 Å². The monoisotopic (exact) mass is 736 g/mol. The number of nitrogens with two attached hydrogens (primary N) is 1. The van der Waals surface area contributed by atoms with Crippen LogP contribution in [0.5, 0.6) is 0 Å². The van der Waals surface area contributed by atoms with E-state index in [1.165, 1.54) is 56.4 Å². The van der Waals surface area contributed by atoms with Gasteiger partial charge in [-0.1, -0.05) is 35.4 Å². The third-order valence-corrected chi connectivity index (χ3v) is 12.4. The van der Waals surface area contributed by atoms with Crippen molar-refractivity contribution in [2.45, 2.75) is 119 Å². The summed E-state index contributed by atoms with van der Waals surface area (Å²) in [6.07, 6.45) is 10.5. The molecule has 1 heterocycles. The summed E-state index contributed by atoms with van der Waals surface area (Å²) in [5.41, 5.74) is 7.49. The molecular weight excluding hydrogens is 685 g/mol. The number of hydrogen-bond acceptors (Lipinski definition) is 9. The van der Waals surface area contributed by atoms with Gasteiger partial charge in [-0.05, 0) is 115 Å². The van der Waals surface area contributed by atoms with Crippen LogP contribution in [0.15, 0.2) is 58.3 Å². The molecule has 5 N–H and O–H groups in total. The molecule has 14 heteroatoms. The molecule has 2 spiro atoms. The summed E-state index contributed by atoms with van der Waals surface area (Å²) in [4.78, 5) is 24.1. The highest BCUT2D eigenvalue weighted by atomic mass is 32.2. The fourth-order valence-electron chi connectivity index (χ4n) is 8.20. The van der Waals surface area contributed by atoms with Crippen molar-refractivity contribution in [2.75, 3.05) is 6.54 Å². The predicted molar refractivity (Wildman–Crippen MR) is 186 cm³/mol. The number of ether oxygens (including phenoxy) is 1. The number of hydrogen-bond donors (Lipinski definition) is 4. The lowest BCUT2D eigenvalue weighted by Gasteiger charge is -2.57. The van der Waals surface area contributed by atoms with Crippen LogP contribution in [-0.4, -0.2) is 55.5 Å². The van der Waals surface area contributed by atoms with E-state index in [-0.39, 0.29) is 21.2 Å². The van der Waals surface area contributed by atoms with Gasteiger partial charge in [0.05, 0.1) is 9.79 Å². The van der Waals surface area contributed by atoms with Crippen LogP contribution in [0, 0.1) is 43.4 Å². The van der Waals surface area contributed by atoms with Gasteiger partial charge in [-0.3, -0.25) is 13.9 Å². The number of benzene rings is 2. The lowest BCUT2D eigenvalue weighted by molar-refractivity contribution is -0.390. The first-order chi connectivity index (χ1) is 23.3. The maximum Gasteiger partial charge on any atom is 0.294 e. The first kappa shape index (κ1) is 38.8. The van der Waals surface area contributed by atoms with Crippen molar-refractivity contribution in [1.29, 1.82) is 0 Å². The molecule has 4 bridgehead atoms. The van der Waals surface area contributed by atoms with E-state index in [0.29, 0.717) is 30.7 Å². The number of aryl methyl sites for hydroxylation is 2. The predicted octanol–water partition coefficient (Wildman–Crippen LogP) is 5.73. The minimum absolute atomic E-state index is 0.0666. The third kappa shape index (κ3) is 9.71. The highest BCUT2D eigenvalue weighted by Gasteiger charge is 2.66. The highest BCUT2D eigenvalue weighted by molar-refractivity contribution is 7.86. The average molecular weight is 737 g/mol. The van der Waals surface area contributed by atoms with Crippen LogP contribution in [0.2, 0.25) is 0 Å². The molecule has 1 saturated heterocycles. The third-order valence-electron chi connectivity index (χ3n) is 10.7. The second-order valence-electron chi connectivity index (χ2n) is 15.7. The second-order valence-corrected chi connectivity index (χ2v) is 18.5. The van der Waals surface area contributed by atoms with Gasteiger partial charge in [0.15, 0.2) is 0 Å². The van der Waals surface area contributed by atoms with E-state index < -0.39 is 31.8 Å². The minimum Gasteiger partial charge on any atom is -0.354 e. The fraction of sp³-hybridized carbons (Fsp3) is 0.639. The van der Waals surface area contributed by atoms with Crippen LogP contribution in [0.3, 0.4) is 0 Å². The van der Waals surface area contributed by atoms with E-state index in [1.807, 2.05) is 27.7 Å². The van der Waals surface area contributed by atoms with Crippen molar-refractivity contribution in [1.82, 2.24) is 5.32 Å². The molecule has 6 aliphatic rings. The van der Waals surface area contributed by atoms with Gasteiger partial charge in [-0.25, -0.2) is 0 Å². The minimum atomic E-state index is -4.02. The number of carbonyl (C=O) groups excluding carboxylic acids is 1. The topological polar surface area (TPSA) is 192 Å². The molecule has 50 heavy (non-hydrogen) atoms. The largest absolute Gasteiger partial charge is 0.354 e. The summed E-state index contributed by atoms with van der Waals surface area (Å²) < 4.78 is 65.8. The Morgan fingerprint density at radius 2 is 1.24 bits per heavy atom. The first-order valence-electron chi connectivity index (χ1n) is 17.5. The molecule has 278 valence electrons. The Labute approximate surface area is 296 Å². The zero-order valence-corrected chi connectivity index (χ0v) is 31.0. The van der Waals surface area contributed by atoms with Crippen LogP contribution in [0.1, 0.15) is 89.2 Å². The van der Waals surface area contributed by atoms with Gasteiger partial charge in [0.1, 0.15) is 0 Å². The summed E-state index contributed by atoms with van der Waals surface area (Å²) in [6, 6.07) is 12.0. The van der Waals surface area contributed by atoms with E-state index >= 15 is 0 Å². The van der Waals surface area contributed by atoms with Gasteiger partial charge in [-0.15, -0.1) is 0 Å². The van der Waals surface area contributed by atoms with Gasteiger partial charge < -0.3 is 15.8 Å². The maximum absolute atomic E-state index is 12.2. The van der Waals surface area contributed by atoms with Crippen LogP contribution >= 0.6 is 0 Å². The Balaban J connectivity index is 0.000000182. The zero-order chi connectivity index (χ0) is 36.5. The molecule has 6 fully saturated rings. The summed E-state index contributed by atoms with van der Waals surface area (Å²) in [5.74, 6) is 2.19. The zero-order valence-electron chi connectivity index (χ0n) is 29.3. The van der Waals surface area contributed by atoms with E-state index in [2.05, 4.69) is 5.32 Å². The van der Waals surface area contributed by atoms with Crippen LogP contribution in [-0.2, 0) is 39.5 Å². The van der Waals surface area contributed by atoms with Gasteiger partial charge >= 0.3 is 0 Å². The molecule has 0 radical (unpaired) electrons. The second kappa shape index (κ2) is 14.9. The van der Waals surface area contributed by atoms with E-state index in [9.17, 15) is 21.6 Å². The van der Waals surface area contributed by atoms with Gasteiger partial charge in [-0.2, -0.15) is 26.6 Å². The Morgan fingerprint density at radius 1 is 0.800 bits per heavy atom. The van der Waals surface area contributed by atoms with Crippen molar-refractivity contribution in [3.05, 3.63) is 59.7 Å². The van der Waals surface area contributed by atoms with Crippen molar-refractivity contribution in [2.24, 2.45) is 35.3 Å². The molecule has 1 aliphatic heterocycles. The summed E-state index contributed by atoms with van der Waals surface area (Å²) >= 11 is 0. The van der Waals surface area contributed by atoms with Crippen molar-refractivity contribution in [3.8, 4) is 0 Å². The number of carbonyl (C=O) groups is 1. The normalized spacial score (nSPS) is 31.5. The van der Waals surface area contributed by atoms with Gasteiger partial charge in [0.25, 0.3) is 20.2 Å². The van der Waals surface area contributed by atoms with E-state index in [0.717, 1.165) is 48.6 Å². The highest BCUT2D eigenvalue weighted by Crippen LogP contribution is 2.63. The summed E-state index contributed by atoms with van der Waals surface area (Å²) in [7, 11) is -8.04. The van der Waals surface area contributed by atoms with Crippen LogP contribution < -0.4 is 11.1 Å². The smallest absolute Gasteiger partial charge is 0.294 e. The molecule has 0 atom stereocenters. The Kier molecular flexibility index (Phi) is 11.6. The lowest BCUT2D eigenvalue weighted by atomic mass is 9.53. The van der Waals surface area contributed by atoms with E-state index in [4.69, 9.17) is 29.4 Å². The number of nitrogens with one attached hydrogen (secondary N) is 1. The maximum atomic E-state index is 12.2. The summed E-state index contributed by atoms with van der Waals surface area (Å²) in [5, 5.41) is 2.96. The molecule has 2 aromatic rings. The molecule has 1 amide bonds. The Hall–Kier alpha value is -2.43. The first-order valence-corrected chi connectivity index (χ1v) is 20.3. The number of rotatable bonds is 6. The van der Waals surface area contributed by atoms with Crippen LogP contribution in [0.4, 0.5) is 0 Å². The molecule has 5 aliphatic carbocycles. The Bertz CT molecular complexity index is 1590. The van der Waals surface area contributed by atoms with Crippen LogP contribution in [0.25, 0.3) is 0 Å². The molecule has 12 nitrogen and oxygen atoms in total. The molecule has 5 saturated carbocycles. The average Bonchev–Trinajstić information content (AvgIpc) is 3.39. The SMILES string of the molecule is CC(C)(N)CNC(=O)CC1CCC2(CC1)OOC1(O2)C2CC3CC(C2)CC1C3.Cc1ccc(S(=O)(=O)O)cc1.Cc1ccc(S(=O)(=O)O)cc1. The molecule has 0 unspecified atom stereocenters. The molecular formula is C36H52N2O10S2. The van der Waals surface area contributed by atoms with Crippen molar-refractivity contribution < 1.29 is 45.2 Å². The fourth-order valence-corrected chi connectivity index (χ4v) is 9.16. The molecule has 8 rings (SSSR count). The van der Waals surface area contributed by atoms with Crippen molar-refractivity contribution in [3.63, 3.8) is 0 Å². The van der Waals surface area contributed by atoms with Crippen molar-refractivity contribution >= 4 is 26.1 Å². The standard InChI is InChI=1S/C22H36N2O4.2C7H8O3S/c1-20(2,23)13-24-19(25)12-14-3-5-21(6-4-14)26-22(28-27-21)17-8-15-7-16(10-17)11-18(22)9-15;2*1-6-2-4-7(5-3-6)11(8,9)10/h14-18H,3-13,23H2,1-2H3,(H,24,25);2*2-5H,1H3,(H,8,9,10). The molecule has 2 aromatic carbocycles. The number of amides is 1. The molecule has 0 aromatic heterocycles. The van der Waals surface area contributed by atoms with Gasteiger partial charge in [0.2, 0.25) is 17.5 Å². The lowest BCUT2D eigenvalue weighted by Crippen LogP contribution is -2.59. The van der Waals surface area contributed by atoms with Gasteiger partial charge in [0, 0.05) is 43.2 Å². The quantitative estimate of drug-likeness (QED) is 0.209. The Morgan fingerprint density at radius 3 is 1.64 bits per heavy atom. The summed E-state index contributed by atoms with van der Waals surface area (Å²) in [6.45, 7) is 8.04.